The molecule has 0 aromatic heterocycles. The Balaban J connectivity index is 1.89. The van der Waals surface area contributed by atoms with Crippen molar-refractivity contribution in [1.29, 1.82) is 0 Å². The molecule has 0 aliphatic rings. The van der Waals surface area contributed by atoms with Crippen molar-refractivity contribution in [2.75, 3.05) is 45.8 Å². The first kappa shape index (κ1) is 38.1. The average molecular weight is 769 g/mol. The van der Waals surface area contributed by atoms with Crippen molar-refractivity contribution in [3.05, 3.63) is 107 Å². The van der Waals surface area contributed by atoms with E-state index in [1.165, 1.54) is 57.6 Å². The number of anilines is 1. The Bertz CT molecular complexity index is 1860. The Labute approximate surface area is 302 Å². The van der Waals surface area contributed by atoms with Gasteiger partial charge in [-0.2, -0.15) is 0 Å². The molecule has 0 bridgehead atoms. The summed E-state index contributed by atoms with van der Waals surface area (Å²) in [6.07, 6.45) is 0.890. The van der Waals surface area contributed by atoms with Crippen LogP contribution in [-0.4, -0.2) is 72.7 Å². The maximum Gasteiger partial charge on any atom is 0.265 e. The standard InChI is InChI=1S/C37H42BrN3O8S/c1-6-20-39-37(43)32(21-26-10-8-7-9-11-26)40(24-27-12-14-28(38)15-13-27)36(42)25-41(31-22-29(46-2)16-18-33(31)47-3)50(44,45)30-17-19-34(48-4)35(23-30)49-5/h7-19,22-23,32H,6,20-21,24-25H2,1-5H3,(H,39,43). The zero-order valence-corrected chi connectivity index (χ0v) is 31.1. The fourth-order valence-electron chi connectivity index (χ4n) is 5.32. The molecule has 2 amide bonds. The number of ether oxygens (including phenoxy) is 4. The minimum Gasteiger partial charge on any atom is -0.497 e. The Morgan fingerprint density at radius 3 is 2.06 bits per heavy atom. The van der Waals surface area contributed by atoms with Crippen LogP contribution in [0.2, 0.25) is 0 Å². The lowest BCUT2D eigenvalue weighted by Gasteiger charge is -2.34. The number of carbonyl (C=O) groups is 2. The summed E-state index contributed by atoms with van der Waals surface area (Å²) >= 11 is 3.46. The molecule has 4 rings (SSSR count). The lowest BCUT2D eigenvalue weighted by molar-refractivity contribution is -0.140. The highest BCUT2D eigenvalue weighted by molar-refractivity contribution is 9.10. The van der Waals surface area contributed by atoms with Crippen LogP contribution in [0.15, 0.2) is 100 Å². The van der Waals surface area contributed by atoms with E-state index < -0.39 is 28.5 Å². The molecule has 0 saturated carbocycles. The first-order valence-electron chi connectivity index (χ1n) is 15.9. The summed E-state index contributed by atoms with van der Waals surface area (Å²) in [4.78, 5) is 29.9. The largest absolute Gasteiger partial charge is 0.497 e. The minimum absolute atomic E-state index is 0.0304. The van der Waals surface area contributed by atoms with Crippen LogP contribution in [0, 0.1) is 0 Å². The van der Waals surface area contributed by atoms with Crippen LogP contribution in [0.3, 0.4) is 0 Å². The van der Waals surface area contributed by atoms with E-state index in [-0.39, 0.29) is 41.0 Å². The number of methoxy groups -OCH3 is 4. The summed E-state index contributed by atoms with van der Waals surface area (Å²) < 4.78 is 52.9. The number of nitrogens with one attached hydrogen (secondary N) is 1. The summed E-state index contributed by atoms with van der Waals surface area (Å²) in [6.45, 7) is 1.70. The molecule has 1 unspecified atom stereocenters. The van der Waals surface area contributed by atoms with Crippen LogP contribution in [0.25, 0.3) is 0 Å². The van der Waals surface area contributed by atoms with E-state index >= 15 is 0 Å². The van der Waals surface area contributed by atoms with Gasteiger partial charge in [0.05, 0.1) is 39.0 Å². The van der Waals surface area contributed by atoms with Gasteiger partial charge in [0.25, 0.3) is 10.0 Å². The fraction of sp³-hybridized carbons (Fsp3) is 0.297. The number of nitrogens with zero attached hydrogens (tertiary/aromatic N) is 2. The van der Waals surface area contributed by atoms with Crippen LogP contribution < -0.4 is 28.6 Å². The van der Waals surface area contributed by atoms with Crippen molar-refractivity contribution >= 4 is 43.5 Å². The van der Waals surface area contributed by atoms with Crippen molar-refractivity contribution in [3.63, 3.8) is 0 Å². The normalized spacial score (nSPS) is 11.6. The molecule has 0 heterocycles. The highest BCUT2D eigenvalue weighted by Crippen LogP contribution is 2.38. The fourth-order valence-corrected chi connectivity index (χ4v) is 7.01. The number of rotatable bonds is 17. The van der Waals surface area contributed by atoms with E-state index in [0.717, 1.165) is 19.9 Å². The van der Waals surface area contributed by atoms with Crippen LogP contribution in [0.1, 0.15) is 24.5 Å². The van der Waals surface area contributed by atoms with Gasteiger partial charge in [-0.1, -0.05) is 65.3 Å². The molecule has 0 spiro atoms. The SMILES string of the molecule is CCCNC(=O)C(Cc1ccccc1)N(Cc1ccc(Br)cc1)C(=O)CN(c1cc(OC)ccc1OC)S(=O)(=O)c1ccc(OC)c(OC)c1. The first-order chi connectivity index (χ1) is 24.1. The van der Waals surface area contributed by atoms with Crippen molar-refractivity contribution in [3.8, 4) is 23.0 Å². The summed E-state index contributed by atoms with van der Waals surface area (Å²) in [5.41, 5.74) is 1.65. The quantitative estimate of drug-likeness (QED) is 0.142. The van der Waals surface area contributed by atoms with E-state index in [1.807, 2.05) is 61.5 Å². The molecule has 0 saturated heterocycles. The van der Waals surface area contributed by atoms with Gasteiger partial charge in [0.1, 0.15) is 24.1 Å². The molecule has 4 aromatic rings. The maximum absolute atomic E-state index is 14.8. The van der Waals surface area contributed by atoms with Crippen molar-refractivity contribution < 1.29 is 37.0 Å². The van der Waals surface area contributed by atoms with Crippen molar-refractivity contribution in [2.45, 2.75) is 37.2 Å². The summed E-state index contributed by atoms with van der Waals surface area (Å²) in [5.74, 6) is 0.0706. The Morgan fingerprint density at radius 1 is 0.780 bits per heavy atom. The van der Waals surface area contributed by atoms with Gasteiger partial charge in [0, 0.05) is 36.1 Å². The predicted octanol–water partition coefficient (Wildman–Crippen LogP) is 5.85. The van der Waals surface area contributed by atoms with Crippen LogP contribution in [-0.2, 0) is 32.6 Å². The second-order valence-corrected chi connectivity index (χ2v) is 14.0. The van der Waals surface area contributed by atoms with Crippen molar-refractivity contribution in [1.82, 2.24) is 10.2 Å². The minimum atomic E-state index is -4.49. The Morgan fingerprint density at radius 2 is 1.44 bits per heavy atom. The molecule has 266 valence electrons. The van der Waals surface area contributed by atoms with E-state index in [1.54, 1.807) is 12.1 Å². The van der Waals surface area contributed by atoms with Gasteiger partial charge in [-0.05, 0) is 53.9 Å². The number of hydrogen-bond donors (Lipinski definition) is 1. The number of halogens is 1. The molecule has 0 aliphatic carbocycles. The molecule has 11 nitrogen and oxygen atoms in total. The van der Waals surface area contributed by atoms with Gasteiger partial charge in [-0.25, -0.2) is 8.42 Å². The summed E-state index contributed by atoms with van der Waals surface area (Å²) in [7, 11) is 1.21. The van der Waals surface area contributed by atoms with E-state index in [9.17, 15) is 18.0 Å². The molecule has 0 radical (unpaired) electrons. The molecule has 1 N–H and O–H groups in total. The van der Waals surface area contributed by atoms with Crippen LogP contribution in [0.4, 0.5) is 5.69 Å². The number of benzene rings is 4. The number of sulfonamides is 1. The third-order valence-corrected chi connectivity index (χ3v) is 10.2. The van der Waals surface area contributed by atoms with Gasteiger partial charge in [-0.3, -0.25) is 13.9 Å². The third-order valence-electron chi connectivity index (χ3n) is 7.96. The lowest BCUT2D eigenvalue weighted by Crippen LogP contribution is -2.53. The molecular weight excluding hydrogens is 726 g/mol. The molecule has 1 atom stereocenters. The van der Waals surface area contributed by atoms with E-state index in [0.29, 0.717) is 24.5 Å². The van der Waals surface area contributed by atoms with Gasteiger partial charge >= 0.3 is 0 Å². The van der Waals surface area contributed by atoms with Crippen molar-refractivity contribution in [2.24, 2.45) is 0 Å². The number of carbonyl (C=O) groups excluding carboxylic acids is 2. The van der Waals surface area contributed by atoms with Gasteiger partial charge in [0.2, 0.25) is 11.8 Å². The lowest BCUT2D eigenvalue weighted by atomic mass is 10.0. The second kappa shape index (κ2) is 17.8. The highest BCUT2D eigenvalue weighted by Gasteiger charge is 2.36. The topological polar surface area (TPSA) is 124 Å². The first-order valence-corrected chi connectivity index (χ1v) is 18.1. The van der Waals surface area contributed by atoms with E-state index in [4.69, 9.17) is 18.9 Å². The summed E-state index contributed by atoms with van der Waals surface area (Å²) in [5, 5.41) is 2.95. The molecule has 0 fully saturated rings. The maximum atomic E-state index is 14.8. The molecule has 50 heavy (non-hydrogen) atoms. The number of amides is 2. The van der Waals surface area contributed by atoms with Gasteiger partial charge < -0.3 is 29.2 Å². The highest BCUT2D eigenvalue weighted by atomic mass is 79.9. The predicted molar refractivity (Wildman–Crippen MR) is 196 cm³/mol. The van der Waals surface area contributed by atoms with Crippen LogP contribution in [0.5, 0.6) is 23.0 Å². The monoisotopic (exact) mass is 767 g/mol. The number of hydrogen-bond acceptors (Lipinski definition) is 8. The Kier molecular flexibility index (Phi) is 13.5. The van der Waals surface area contributed by atoms with Gasteiger partial charge in [-0.15, -0.1) is 0 Å². The second-order valence-electron chi connectivity index (χ2n) is 11.2. The smallest absolute Gasteiger partial charge is 0.265 e. The zero-order chi connectivity index (χ0) is 36.3. The van der Waals surface area contributed by atoms with Crippen LogP contribution >= 0.6 is 15.9 Å². The van der Waals surface area contributed by atoms with Gasteiger partial charge in [0.15, 0.2) is 11.5 Å². The molecular formula is C37H42BrN3O8S. The Hall–Kier alpha value is -4.75. The molecule has 0 aliphatic heterocycles. The third kappa shape index (κ3) is 9.27. The zero-order valence-electron chi connectivity index (χ0n) is 28.7. The molecule has 13 heteroatoms. The molecule has 4 aromatic carbocycles. The van der Waals surface area contributed by atoms with E-state index in [2.05, 4.69) is 21.2 Å². The average Bonchev–Trinajstić information content (AvgIpc) is 3.14. The summed E-state index contributed by atoms with van der Waals surface area (Å²) in [6, 6.07) is 24.6.